The van der Waals surface area contributed by atoms with Gasteiger partial charge in [-0.25, -0.2) is 0 Å². The Morgan fingerprint density at radius 1 is 1.75 bits per heavy atom. The van der Waals surface area contributed by atoms with E-state index in [4.69, 9.17) is 18.0 Å². The van der Waals surface area contributed by atoms with Crippen LogP contribution < -0.4 is 5.73 Å². The second kappa shape index (κ2) is 4.42. The maximum absolute atomic E-state index is 5.44. The molecule has 1 aromatic rings. The fourth-order valence-electron chi connectivity index (χ4n) is 0.842. The van der Waals surface area contributed by atoms with E-state index >= 15 is 0 Å². The molecule has 0 spiro atoms. The first-order valence-corrected chi connectivity index (χ1v) is 5.07. The lowest BCUT2D eigenvalue weighted by Gasteiger charge is -2.15. The molecule has 0 amide bonds. The molecule has 1 rings (SSSR count). The van der Waals surface area contributed by atoms with E-state index in [1.807, 2.05) is 11.9 Å². The van der Waals surface area contributed by atoms with Gasteiger partial charge in [-0.15, -0.1) is 0 Å². The van der Waals surface area contributed by atoms with Gasteiger partial charge in [0.05, 0.1) is 0 Å². The van der Waals surface area contributed by atoms with Crippen molar-refractivity contribution in [2.24, 2.45) is 5.73 Å². The summed E-state index contributed by atoms with van der Waals surface area (Å²) < 4.78 is 0. The topological polar surface area (TPSA) is 29.3 Å². The quantitative estimate of drug-likeness (QED) is 0.749. The molecule has 1 aromatic heterocycles. The van der Waals surface area contributed by atoms with E-state index in [1.54, 1.807) is 11.3 Å². The van der Waals surface area contributed by atoms with E-state index in [0.717, 1.165) is 13.0 Å². The highest BCUT2D eigenvalue weighted by atomic mass is 32.1. The van der Waals surface area contributed by atoms with Crippen LogP contribution in [0.2, 0.25) is 0 Å². The molecule has 2 N–H and O–H groups in total. The average Bonchev–Trinajstić information content (AvgIpc) is 2.51. The molecule has 0 aliphatic rings. The first-order valence-electron chi connectivity index (χ1n) is 3.72. The Balaban J connectivity index is 2.31. The third-order valence-electron chi connectivity index (χ3n) is 1.69. The van der Waals surface area contributed by atoms with Gasteiger partial charge in [0.1, 0.15) is 0 Å². The molecule has 0 aliphatic heterocycles. The van der Waals surface area contributed by atoms with Crippen LogP contribution >= 0.6 is 23.6 Å². The van der Waals surface area contributed by atoms with Crippen LogP contribution in [0.3, 0.4) is 0 Å². The van der Waals surface area contributed by atoms with Crippen LogP contribution in [0.1, 0.15) is 5.56 Å². The number of likely N-dealkylation sites (N-methyl/N-ethyl adjacent to an activating group) is 1. The summed E-state index contributed by atoms with van der Waals surface area (Å²) in [4.78, 5) is 1.88. The van der Waals surface area contributed by atoms with Crippen LogP contribution in [0, 0.1) is 0 Å². The fourth-order valence-corrected chi connectivity index (χ4v) is 1.64. The largest absolute Gasteiger partial charge is 0.376 e. The van der Waals surface area contributed by atoms with Crippen molar-refractivity contribution in [2.45, 2.75) is 6.42 Å². The molecule has 0 atom stereocenters. The Hall–Kier alpha value is -0.610. The second-order valence-corrected chi connectivity index (χ2v) is 3.84. The molecule has 12 heavy (non-hydrogen) atoms. The predicted molar refractivity (Wildman–Crippen MR) is 57.4 cm³/mol. The molecule has 0 aliphatic carbocycles. The van der Waals surface area contributed by atoms with E-state index in [2.05, 4.69) is 16.8 Å². The Bertz CT molecular complexity index is 244. The summed E-state index contributed by atoms with van der Waals surface area (Å²) in [5.41, 5.74) is 6.79. The summed E-state index contributed by atoms with van der Waals surface area (Å²) >= 11 is 6.54. The van der Waals surface area contributed by atoms with Crippen molar-refractivity contribution in [2.75, 3.05) is 13.6 Å². The molecule has 0 radical (unpaired) electrons. The fraction of sp³-hybridized carbons (Fsp3) is 0.375. The van der Waals surface area contributed by atoms with Crippen LogP contribution in [0.15, 0.2) is 16.8 Å². The number of thiocarbonyl (C=S) groups is 1. The van der Waals surface area contributed by atoms with Crippen LogP contribution in [0.25, 0.3) is 0 Å². The molecule has 0 unspecified atom stereocenters. The number of hydrogen-bond acceptors (Lipinski definition) is 2. The van der Waals surface area contributed by atoms with Gasteiger partial charge in [0.15, 0.2) is 5.11 Å². The minimum absolute atomic E-state index is 0.463. The molecule has 0 bridgehead atoms. The third kappa shape index (κ3) is 2.79. The van der Waals surface area contributed by atoms with Crippen molar-refractivity contribution < 1.29 is 0 Å². The smallest absolute Gasteiger partial charge is 0.166 e. The van der Waals surface area contributed by atoms with Crippen molar-refractivity contribution in [3.8, 4) is 0 Å². The summed E-state index contributed by atoms with van der Waals surface area (Å²) in [6.07, 6.45) is 1.01. The van der Waals surface area contributed by atoms with Crippen molar-refractivity contribution in [3.63, 3.8) is 0 Å². The van der Waals surface area contributed by atoms with Crippen molar-refractivity contribution in [1.82, 2.24) is 4.90 Å². The Morgan fingerprint density at radius 3 is 3.00 bits per heavy atom. The first kappa shape index (κ1) is 9.48. The number of thiophene rings is 1. The van der Waals surface area contributed by atoms with Gasteiger partial charge in [0.2, 0.25) is 0 Å². The van der Waals surface area contributed by atoms with Gasteiger partial charge < -0.3 is 10.6 Å². The Morgan fingerprint density at radius 2 is 2.50 bits per heavy atom. The lowest BCUT2D eigenvalue weighted by Crippen LogP contribution is -2.33. The summed E-state index contributed by atoms with van der Waals surface area (Å²) in [5.74, 6) is 0. The number of hydrogen-bond donors (Lipinski definition) is 1. The zero-order valence-electron chi connectivity index (χ0n) is 6.99. The van der Waals surface area contributed by atoms with Crippen LogP contribution in [0.5, 0.6) is 0 Å². The van der Waals surface area contributed by atoms with E-state index in [9.17, 15) is 0 Å². The van der Waals surface area contributed by atoms with Crippen molar-refractivity contribution in [3.05, 3.63) is 22.4 Å². The zero-order valence-corrected chi connectivity index (χ0v) is 8.62. The molecule has 0 saturated carbocycles. The van der Waals surface area contributed by atoms with Gasteiger partial charge in [0.25, 0.3) is 0 Å². The van der Waals surface area contributed by atoms with Crippen molar-refractivity contribution in [1.29, 1.82) is 0 Å². The maximum Gasteiger partial charge on any atom is 0.166 e. The highest BCUT2D eigenvalue weighted by Gasteiger charge is 1.99. The molecule has 2 nitrogen and oxygen atoms in total. The van der Waals surface area contributed by atoms with E-state index in [0.29, 0.717) is 5.11 Å². The number of rotatable bonds is 3. The Labute approximate surface area is 82.0 Å². The monoisotopic (exact) mass is 200 g/mol. The highest BCUT2D eigenvalue weighted by Crippen LogP contribution is 2.06. The molecular weight excluding hydrogens is 188 g/mol. The van der Waals surface area contributed by atoms with Crippen LogP contribution in [-0.4, -0.2) is 23.6 Å². The van der Waals surface area contributed by atoms with Gasteiger partial charge in [0, 0.05) is 13.6 Å². The minimum atomic E-state index is 0.463. The normalized spacial score (nSPS) is 9.75. The van der Waals surface area contributed by atoms with Gasteiger partial charge in [-0.3, -0.25) is 0 Å². The third-order valence-corrected chi connectivity index (χ3v) is 2.74. The van der Waals surface area contributed by atoms with Gasteiger partial charge in [-0.05, 0) is 41.0 Å². The van der Waals surface area contributed by atoms with Crippen LogP contribution in [-0.2, 0) is 6.42 Å². The Kier molecular flexibility index (Phi) is 3.49. The lowest BCUT2D eigenvalue weighted by atomic mass is 10.2. The molecular formula is C8H12N2S2. The second-order valence-electron chi connectivity index (χ2n) is 2.64. The first-order chi connectivity index (χ1) is 5.70. The average molecular weight is 200 g/mol. The summed E-state index contributed by atoms with van der Waals surface area (Å²) in [7, 11) is 1.91. The van der Waals surface area contributed by atoms with E-state index < -0.39 is 0 Å². The standard InChI is InChI=1S/C8H12N2S2/c1-10(8(9)11)4-2-7-3-5-12-6-7/h3,5-6H,2,4H2,1H3,(H2,9,11). The van der Waals surface area contributed by atoms with E-state index in [-0.39, 0.29) is 0 Å². The lowest BCUT2D eigenvalue weighted by molar-refractivity contribution is 0.512. The summed E-state index contributed by atoms with van der Waals surface area (Å²) in [6, 6.07) is 2.12. The number of nitrogens with two attached hydrogens (primary N) is 1. The molecule has 66 valence electrons. The number of nitrogens with zero attached hydrogens (tertiary/aromatic N) is 1. The van der Waals surface area contributed by atoms with E-state index in [1.165, 1.54) is 5.56 Å². The summed E-state index contributed by atoms with van der Waals surface area (Å²) in [5, 5.41) is 4.69. The molecule has 0 saturated heterocycles. The zero-order chi connectivity index (χ0) is 8.97. The molecule has 4 heteroatoms. The molecule has 0 fully saturated rings. The van der Waals surface area contributed by atoms with Gasteiger partial charge in [-0.2, -0.15) is 11.3 Å². The highest BCUT2D eigenvalue weighted by molar-refractivity contribution is 7.80. The molecule has 1 heterocycles. The van der Waals surface area contributed by atoms with Crippen LogP contribution in [0.4, 0.5) is 0 Å². The van der Waals surface area contributed by atoms with Gasteiger partial charge >= 0.3 is 0 Å². The SMILES string of the molecule is CN(CCc1ccsc1)C(N)=S. The minimum Gasteiger partial charge on any atom is -0.376 e. The van der Waals surface area contributed by atoms with Gasteiger partial charge in [-0.1, -0.05) is 0 Å². The predicted octanol–water partition coefficient (Wildman–Crippen LogP) is 1.47. The maximum atomic E-state index is 5.44. The summed E-state index contributed by atoms with van der Waals surface area (Å²) in [6.45, 7) is 0.895. The van der Waals surface area contributed by atoms with Crippen molar-refractivity contribution >= 4 is 28.7 Å². The molecule has 0 aromatic carbocycles.